The van der Waals surface area contributed by atoms with Crippen molar-refractivity contribution in [3.63, 3.8) is 0 Å². The first-order valence-electron chi connectivity index (χ1n) is 8.18. The molecule has 23 heavy (non-hydrogen) atoms. The van der Waals surface area contributed by atoms with Crippen LogP contribution in [0.1, 0.15) is 35.1 Å². The average Bonchev–Trinajstić information content (AvgIpc) is 2.93. The van der Waals surface area contributed by atoms with Gasteiger partial charge >= 0.3 is 0 Å². The smallest absolute Gasteiger partial charge is 0.239 e. The molecule has 1 aliphatic heterocycles. The predicted molar refractivity (Wildman–Crippen MR) is 90.1 cm³/mol. The lowest BCUT2D eigenvalue weighted by molar-refractivity contribution is -0.125. The fourth-order valence-electron chi connectivity index (χ4n) is 3.83. The number of nitrogens with zero attached hydrogens (tertiary/aromatic N) is 1. The molecule has 116 valence electrons. The fourth-order valence-corrected chi connectivity index (χ4v) is 3.83. The van der Waals surface area contributed by atoms with Gasteiger partial charge in [-0.25, -0.2) is 0 Å². The Kier molecular flexibility index (Phi) is 3.29. The summed E-state index contributed by atoms with van der Waals surface area (Å²) in [4.78, 5) is 26.7. The zero-order valence-electron chi connectivity index (χ0n) is 13.3. The molecular weight excluding hydrogens is 286 g/mol. The Morgan fingerprint density at radius 3 is 2.65 bits per heavy atom. The Labute approximate surface area is 135 Å². The largest absolute Gasteiger partial charge is 0.299 e. The van der Waals surface area contributed by atoms with Crippen molar-refractivity contribution in [2.24, 2.45) is 0 Å². The van der Waals surface area contributed by atoms with Crippen LogP contribution < -0.4 is 4.90 Å². The standard InChI is InChI=1S/C20H19NO2/c1-13-4-2-6-15(10-13)21-19-9-8-14-5-3-7-17(14)18(19)11-16(22)12-20(21)23/h2,4,6,8-10H,3,5,7,11-12H2,1H3. The Hall–Kier alpha value is -2.42. The van der Waals surface area contributed by atoms with E-state index in [1.54, 1.807) is 4.90 Å². The molecule has 1 heterocycles. The third kappa shape index (κ3) is 2.37. The van der Waals surface area contributed by atoms with Gasteiger partial charge in [0.25, 0.3) is 0 Å². The number of fused-ring (bicyclic) bond motifs is 3. The van der Waals surface area contributed by atoms with Gasteiger partial charge in [0.15, 0.2) is 0 Å². The Balaban J connectivity index is 1.93. The minimum atomic E-state index is -0.128. The van der Waals surface area contributed by atoms with Crippen molar-refractivity contribution < 1.29 is 9.59 Å². The van der Waals surface area contributed by atoms with Gasteiger partial charge < -0.3 is 0 Å². The van der Waals surface area contributed by atoms with Gasteiger partial charge in [0.05, 0.1) is 12.1 Å². The predicted octanol–water partition coefficient (Wildman–Crippen LogP) is 3.66. The molecule has 0 unspecified atom stereocenters. The summed E-state index contributed by atoms with van der Waals surface area (Å²) in [6, 6.07) is 12.1. The van der Waals surface area contributed by atoms with Crippen molar-refractivity contribution in [3.05, 3.63) is 58.7 Å². The van der Waals surface area contributed by atoms with Gasteiger partial charge in [-0.2, -0.15) is 0 Å². The van der Waals surface area contributed by atoms with E-state index in [0.29, 0.717) is 6.42 Å². The number of anilines is 2. The van der Waals surface area contributed by atoms with Crippen molar-refractivity contribution in [1.82, 2.24) is 0 Å². The highest BCUT2D eigenvalue weighted by atomic mass is 16.2. The van der Waals surface area contributed by atoms with E-state index in [0.717, 1.165) is 41.8 Å². The van der Waals surface area contributed by atoms with Crippen LogP contribution in [0.15, 0.2) is 36.4 Å². The quantitative estimate of drug-likeness (QED) is 0.754. The van der Waals surface area contributed by atoms with Gasteiger partial charge in [-0.05, 0) is 66.6 Å². The molecule has 4 rings (SSSR count). The number of amides is 1. The van der Waals surface area contributed by atoms with Crippen LogP contribution in [-0.4, -0.2) is 11.7 Å². The summed E-state index contributed by atoms with van der Waals surface area (Å²) in [6.45, 7) is 2.01. The highest BCUT2D eigenvalue weighted by Gasteiger charge is 2.30. The van der Waals surface area contributed by atoms with Crippen molar-refractivity contribution >= 4 is 23.1 Å². The van der Waals surface area contributed by atoms with E-state index in [1.807, 2.05) is 37.3 Å². The number of Topliss-reactive ketones (excluding diaryl/α,β-unsaturated/α-hetero) is 1. The SMILES string of the molecule is Cc1cccc(N2C(=O)CC(=O)Cc3c2ccc2c3CCC2)c1. The molecular formula is C20H19NO2. The van der Waals surface area contributed by atoms with Crippen LogP contribution in [0.3, 0.4) is 0 Å². The van der Waals surface area contributed by atoms with Crippen LogP contribution in [0.25, 0.3) is 0 Å². The van der Waals surface area contributed by atoms with E-state index >= 15 is 0 Å². The van der Waals surface area contributed by atoms with Crippen molar-refractivity contribution in [2.45, 2.75) is 39.0 Å². The number of ketones is 1. The maximum atomic E-state index is 12.7. The number of carbonyl (C=O) groups excluding carboxylic acids is 2. The maximum absolute atomic E-state index is 12.7. The molecule has 0 N–H and O–H groups in total. The number of benzene rings is 2. The number of carbonyl (C=O) groups is 2. The van der Waals surface area contributed by atoms with Crippen molar-refractivity contribution in [3.8, 4) is 0 Å². The van der Waals surface area contributed by atoms with Crippen LogP contribution in [-0.2, 0) is 28.9 Å². The van der Waals surface area contributed by atoms with Gasteiger partial charge in [0.1, 0.15) is 5.78 Å². The number of hydrogen-bond acceptors (Lipinski definition) is 2. The molecule has 0 atom stereocenters. The third-order valence-electron chi connectivity index (χ3n) is 4.85. The maximum Gasteiger partial charge on any atom is 0.239 e. The second-order valence-electron chi connectivity index (χ2n) is 6.51. The molecule has 3 nitrogen and oxygen atoms in total. The van der Waals surface area contributed by atoms with E-state index in [4.69, 9.17) is 0 Å². The van der Waals surface area contributed by atoms with Gasteiger partial charge in [-0.15, -0.1) is 0 Å². The third-order valence-corrected chi connectivity index (χ3v) is 4.85. The lowest BCUT2D eigenvalue weighted by Crippen LogP contribution is -2.26. The highest BCUT2D eigenvalue weighted by molar-refractivity contribution is 6.13. The second kappa shape index (κ2) is 5.34. The first-order chi connectivity index (χ1) is 11.1. The van der Waals surface area contributed by atoms with Gasteiger partial charge in [-0.1, -0.05) is 18.2 Å². The highest BCUT2D eigenvalue weighted by Crippen LogP contribution is 2.38. The molecule has 0 saturated carbocycles. The monoisotopic (exact) mass is 305 g/mol. The van der Waals surface area contributed by atoms with Crippen LogP contribution >= 0.6 is 0 Å². The molecule has 0 bridgehead atoms. The zero-order chi connectivity index (χ0) is 16.0. The van der Waals surface area contributed by atoms with Crippen molar-refractivity contribution in [2.75, 3.05) is 4.90 Å². The molecule has 3 heteroatoms. The van der Waals surface area contributed by atoms with Gasteiger partial charge in [0.2, 0.25) is 5.91 Å². The van der Waals surface area contributed by atoms with E-state index < -0.39 is 0 Å². The average molecular weight is 305 g/mol. The molecule has 2 aromatic carbocycles. The first kappa shape index (κ1) is 14.2. The van der Waals surface area contributed by atoms with Crippen LogP contribution in [0.2, 0.25) is 0 Å². The normalized spacial score (nSPS) is 17.0. The van der Waals surface area contributed by atoms with E-state index in [9.17, 15) is 9.59 Å². The van der Waals surface area contributed by atoms with Crippen molar-refractivity contribution in [1.29, 1.82) is 0 Å². The van der Waals surface area contributed by atoms with E-state index in [2.05, 4.69) is 6.07 Å². The first-order valence-corrected chi connectivity index (χ1v) is 8.18. The van der Waals surface area contributed by atoms with Crippen LogP contribution in [0, 0.1) is 6.92 Å². The molecule has 1 aliphatic carbocycles. The molecule has 0 saturated heterocycles. The summed E-state index contributed by atoms with van der Waals surface area (Å²) in [5.41, 5.74) is 6.56. The Morgan fingerprint density at radius 2 is 1.83 bits per heavy atom. The minimum Gasteiger partial charge on any atom is -0.299 e. The van der Waals surface area contributed by atoms with E-state index in [-0.39, 0.29) is 18.1 Å². The summed E-state index contributed by atoms with van der Waals surface area (Å²) in [5, 5.41) is 0. The molecule has 0 aromatic heterocycles. The van der Waals surface area contributed by atoms with Crippen LogP contribution in [0.5, 0.6) is 0 Å². The Bertz CT molecular complexity index is 822. The van der Waals surface area contributed by atoms with Crippen LogP contribution in [0.4, 0.5) is 11.4 Å². The lowest BCUT2D eigenvalue weighted by Gasteiger charge is -2.24. The molecule has 2 aliphatic rings. The number of rotatable bonds is 1. The number of hydrogen-bond donors (Lipinski definition) is 0. The Morgan fingerprint density at radius 1 is 0.957 bits per heavy atom. The molecule has 0 radical (unpaired) electrons. The summed E-state index contributed by atoms with van der Waals surface area (Å²) >= 11 is 0. The summed E-state index contributed by atoms with van der Waals surface area (Å²) in [5.74, 6) is -0.107. The molecule has 0 fully saturated rings. The topological polar surface area (TPSA) is 37.4 Å². The minimum absolute atomic E-state index is 0.0165. The summed E-state index contributed by atoms with van der Waals surface area (Å²) in [7, 11) is 0. The molecule has 2 aromatic rings. The zero-order valence-corrected chi connectivity index (χ0v) is 13.3. The summed E-state index contributed by atoms with van der Waals surface area (Å²) < 4.78 is 0. The number of aryl methyl sites for hydroxylation is 2. The second-order valence-corrected chi connectivity index (χ2v) is 6.51. The van der Waals surface area contributed by atoms with Gasteiger partial charge in [0, 0.05) is 12.1 Å². The van der Waals surface area contributed by atoms with E-state index in [1.165, 1.54) is 11.1 Å². The molecule has 1 amide bonds. The summed E-state index contributed by atoms with van der Waals surface area (Å²) in [6.07, 6.45) is 3.60. The fraction of sp³-hybridized carbons (Fsp3) is 0.300. The van der Waals surface area contributed by atoms with Gasteiger partial charge in [-0.3, -0.25) is 14.5 Å². The lowest BCUT2D eigenvalue weighted by atomic mass is 9.97. The molecule has 0 spiro atoms.